The molecule has 0 unspecified atom stereocenters. The van der Waals surface area contributed by atoms with Crippen LogP contribution in [0.1, 0.15) is 46.0 Å². The molecule has 98 valence electrons. The van der Waals surface area contributed by atoms with Gasteiger partial charge >= 0.3 is 5.97 Å². The van der Waals surface area contributed by atoms with Crippen LogP contribution in [0.15, 0.2) is 6.07 Å². The van der Waals surface area contributed by atoms with Gasteiger partial charge in [0.25, 0.3) is 0 Å². The molecule has 0 heterocycles. The molecule has 0 aliphatic heterocycles. The third kappa shape index (κ3) is 2.97. The highest BCUT2D eigenvalue weighted by atomic mass is 16.5. The molecular formula is C15H20O3. The van der Waals surface area contributed by atoms with Crippen molar-refractivity contribution in [3.63, 3.8) is 0 Å². The maximum absolute atomic E-state index is 11.8. The van der Waals surface area contributed by atoms with E-state index in [0.717, 1.165) is 22.3 Å². The van der Waals surface area contributed by atoms with Gasteiger partial charge in [-0.3, -0.25) is 0 Å². The lowest BCUT2D eigenvalue weighted by molar-refractivity contribution is -0.116. The second-order valence-corrected chi connectivity index (χ2v) is 4.68. The molecule has 3 heteroatoms. The van der Waals surface area contributed by atoms with Crippen molar-refractivity contribution in [3.8, 4) is 0 Å². The lowest BCUT2D eigenvalue weighted by atomic mass is 9.90. The SMILES string of the molecule is COC(=O)c1c(C)cc(C)c(CCC(C)=O)c1C. The molecule has 1 aromatic rings. The number of esters is 1. The average molecular weight is 248 g/mol. The molecule has 1 aromatic carbocycles. The summed E-state index contributed by atoms with van der Waals surface area (Å²) in [4.78, 5) is 22.9. The zero-order chi connectivity index (χ0) is 13.9. The van der Waals surface area contributed by atoms with E-state index in [1.54, 1.807) is 6.92 Å². The normalized spacial score (nSPS) is 10.3. The van der Waals surface area contributed by atoms with Gasteiger partial charge in [-0.25, -0.2) is 4.79 Å². The van der Waals surface area contributed by atoms with Crippen LogP contribution in [-0.4, -0.2) is 18.9 Å². The molecule has 0 atom stereocenters. The smallest absolute Gasteiger partial charge is 0.338 e. The van der Waals surface area contributed by atoms with E-state index >= 15 is 0 Å². The lowest BCUT2D eigenvalue weighted by Crippen LogP contribution is -2.10. The summed E-state index contributed by atoms with van der Waals surface area (Å²) >= 11 is 0. The van der Waals surface area contributed by atoms with Crippen LogP contribution in [0.3, 0.4) is 0 Å². The number of benzene rings is 1. The van der Waals surface area contributed by atoms with E-state index in [1.807, 2.05) is 26.8 Å². The highest BCUT2D eigenvalue weighted by Crippen LogP contribution is 2.24. The first-order chi connectivity index (χ1) is 8.38. The van der Waals surface area contributed by atoms with Crippen molar-refractivity contribution in [1.82, 2.24) is 0 Å². The third-order valence-electron chi connectivity index (χ3n) is 3.25. The Balaban J connectivity index is 3.26. The Hall–Kier alpha value is -1.64. The summed E-state index contributed by atoms with van der Waals surface area (Å²) < 4.78 is 4.81. The standard InChI is InChI=1S/C15H20O3/c1-9-8-10(2)14(15(17)18-5)12(4)13(9)7-6-11(3)16/h8H,6-7H2,1-5H3. The third-order valence-corrected chi connectivity index (χ3v) is 3.25. The minimum absolute atomic E-state index is 0.161. The second-order valence-electron chi connectivity index (χ2n) is 4.68. The fourth-order valence-corrected chi connectivity index (χ4v) is 2.33. The van der Waals surface area contributed by atoms with Crippen molar-refractivity contribution >= 4 is 11.8 Å². The molecular weight excluding hydrogens is 228 g/mol. The van der Waals surface area contributed by atoms with Gasteiger partial charge in [0.2, 0.25) is 0 Å². The molecule has 0 radical (unpaired) electrons. The highest BCUT2D eigenvalue weighted by molar-refractivity contribution is 5.93. The van der Waals surface area contributed by atoms with Crippen molar-refractivity contribution in [2.45, 2.75) is 40.5 Å². The first-order valence-corrected chi connectivity index (χ1v) is 6.06. The number of hydrogen-bond donors (Lipinski definition) is 0. The Labute approximate surface area is 108 Å². The summed E-state index contributed by atoms with van der Waals surface area (Å²) in [5.74, 6) is -0.150. The summed E-state index contributed by atoms with van der Waals surface area (Å²) in [6.07, 6.45) is 1.18. The number of aryl methyl sites for hydroxylation is 2. The Morgan fingerprint density at radius 2 is 1.78 bits per heavy atom. The van der Waals surface area contributed by atoms with Crippen LogP contribution >= 0.6 is 0 Å². The van der Waals surface area contributed by atoms with Gasteiger partial charge in [-0.1, -0.05) is 6.07 Å². The van der Waals surface area contributed by atoms with E-state index < -0.39 is 0 Å². The molecule has 1 rings (SSSR count). The number of methoxy groups -OCH3 is 1. The summed E-state index contributed by atoms with van der Waals surface area (Å²) in [6, 6.07) is 1.98. The zero-order valence-corrected chi connectivity index (χ0v) is 11.7. The Kier molecular flexibility index (Phi) is 4.65. The van der Waals surface area contributed by atoms with Crippen molar-refractivity contribution in [3.05, 3.63) is 33.9 Å². The first kappa shape index (κ1) is 14.4. The molecule has 0 fully saturated rings. The number of carbonyl (C=O) groups excluding carboxylic acids is 2. The fraction of sp³-hybridized carbons (Fsp3) is 0.467. The van der Waals surface area contributed by atoms with Crippen LogP contribution in [0.5, 0.6) is 0 Å². The van der Waals surface area contributed by atoms with E-state index in [-0.39, 0.29) is 11.8 Å². The molecule has 0 N–H and O–H groups in total. The summed E-state index contributed by atoms with van der Waals surface area (Å²) in [6.45, 7) is 7.42. The van der Waals surface area contributed by atoms with E-state index in [0.29, 0.717) is 18.4 Å². The Bertz CT molecular complexity index is 487. The molecule has 3 nitrogen and oxygen atoms in total. The molecule has 0 bridgehead atoms. The molecule has 0 aliphatic rings. The molecule has 18 heavy (non-hydrogen) atoms. The number of ketones is 1. The predicted molar refractivity (Wildman–Crippen MR) is 71.0 cm³/mol. The van der Waals surface area contributed by atoms with Gasteiger partial charge in [0.15, 0.2) is 0 Å². The number of Topliss-reactive ketones (excluding diaryl/α,β-unsaturated/α-hetero) is 1. The maximum Gasteiger partial charge on any atom is 0.338 e. The van der Waals surface area contributed by atoms with Gasteiger partial charge in [0.1, 0.15) is 5.78 Å². The number of ether oxygens (including phenoxy) is 1. The van der Waals surface area contributed by atoms with Gasteiger partial charge < -0.3 is 9.53 Å². The molecule has 0 aromatic heterocycles. The van der Waals surface area contributed by atoms with Gasteiger partial charge in [-0.2, -0.15) is 0 Å². The van der Waals surface area contributed by atoms with E-state index in [1.165, 1.54) is 7.11 Å². The second kappa shape index (κ2) is 5.80. The highest BCUT2D eigenvalue weighted by Gasteiger charge is 2.17. The van der Waals surface area contributed by atoms with Crippen LogP contribution in [0.2, 0.25) is 0 Å². The average Bonchev–Trinajstić information content (AvgIpc) is 2.27. The monoisotopic (exact) mass is 248 g/mol. The fourth-order valence-electron chi connectivity index (χ4n) is 2.33. The van der Waals surface area contributed by atoms with Gasteiger partial charge in [-0.15, -0.1) is 0 Å². The maximum atomic E-state index is 11.8. The van der Waals surface area contributed by atoms with Crippen LogP contribution in [0.4, 0.5) is 0 Å². The predicted octanol–water partition coefficient (Wildman–Crippen LogP) is 2.92. The van der Waals surface area contributed by atoms with Crippen molar-refractivity contribution in [2.75, 3.05) is 7.11 Å². The minimum atomic E-state index is -0.311. The summed E-state index contributed by atoms with van der Waals surface area (Å²) in [5, 5.41) is 0. The van der Waals surface area contributed by atoms with Crippen LogP contribution < -0.4 is 0 Å². The largest absolute Gasteiger partial charge is 0.465 e. The van der Waals surface area contributed by atoms with Gasteiger partial charge in [0.05, 0.1) is 12.7 Å². The molecule has 0 saturated carbocycles. The van der Waals surface area contributed by atoms with Crippen LogP contribution in [0, 0.1) is 20.8 Å². The Morgan fingerprint density at radius 3 is 2.28 bits per heavy atom. The first-order valence-electron chi connectivity index (χ1n) is 6.06. The quantitative estimate of drug-likeness (QED) is 0.769. The van der Waals surface area contributed by atoms with Crippen LogP contribution in [-0.2, 0) is 16.0 Å². The number of carbonyl (C=O) groups is 2. The molecule has 0 spiro atoms. The van der Waals surface area contributed by atoms with Crippen molar-refractivity contribution in [1.29, 1.82) is 0 Å². The minimum Gasteiger partial charge on any atom is -0.465 e. The van der Waals surface area contributed by atoms with E-state index in [9.17, 15) is 9.59 Å². The molecule has 0 aliphatic carbocycles. The van der Waals surface area contributed by atoms with Crippen LogP contribution in [0.25, 0.3) is 0 Å². The molecule has 0 amide bonds. The van der Waals surface area contributed by atoms with Gasteiger partial charge in [0, 0.05) is 6.42 Å². The van der Waals surface area contributed by atoms with Gasteiger partial charge in [-0.05, 0) is 56.4 Å². The molecule has 0 saturated heterocycles. The van der Waals surface area contributed by atoms with Crippen molar-refractivity contribution in [2.24, 2.45) is 0 Å². The van der Waals surface area contributed by atoms with E-state index in [4.69, 9.17) is 4.74 Å². The zero-order valence-electron chi connectivity index (χ0n) is 11.7. The number of rotatable bonds is 4. The number of hydrogen-bond acceptors (Lipinski definition) is 3. The topological polar surface area (TPSA) is 43.4 Å². The van der Waals surface area contributed by atoms with Crippen molar-refractivity contribution < 1.29 is 14.3 Å². The summed E-state index contributed by atoms with van der Waals surface area (Å²) in [7, 11) is 1.39. The lowest BCUT2D eigenvalue weighted by Gasteiger charge is -2.15. The van der Waals surface area contributed by atoms with E-state index in [2.05, 4.69) is 0 Å². The summed E-state index contributed by atoms with van der Waals surface area (Å²) in [5.41, 5.74) is 4.68. The Morgan fingerprint density at radius 1 is 1.17 bits per heavy atom.